The number of hydrogen-bond donors (Lipinski definition) is 1. The topological polar surface area (TPSA) is 34.4 Å². The third kappa shape index (κ3) is 3.09. The predicted molar refractivity (Wildman–Crippen MR) is 63.3 cm³/mol. The lowest BCUT2D eigenvalue weighted by molar-refractivity contribution is -0.0425. The molecule has 1 aromatic heterocycles. The first-order valence-electron chi connectivity index (χ1n) is 6.07. The Hall–Kier alpha value is -0.800. The Morgan fingerprint density at radius 3 is 2.50 bits per heavy atom. The molecule has 2 atom stereocenters. The van der Waals surface area contributed by atoms with Gasteiger partial charge in [-0.3, -0.25) is 0 Å². The van der Waals surface area contributed by atoms with Crippen LogP contribution in [-0.4, -0.2) is 18.2 Å². The molecule has 0 amide bonds. The Kier molecular flexibility index (Phi) is 3.66. The van der Waals surface area contributed by atoms with Crippen LogP contribution in [0.5, 0.6) is 0 Å². The van der Waals surface area contributed by atoms with E-state index >= 15 is 0 Å². The quantitative estimate of drug-likeness (QED) is 0.855. The van der Waals surface area contributed by atoms with E-state index in [4.69, 9.17) is 9.15 Å². The van der Waals surface area contributed by atoms with E-state index in [-0.39, 0.29) is 0 Å². The van der Waals surface area contributed by atoms with Crippen LogP contribution in [0.4, 0.5) is 0 Å². The zero-order valence-electron chi connectivity index (χ0n) is 10.3. The first-order valence-corrected chi connectivity index (χ1v) is 6.07. The molecule has 0 bridgehead atoms. The van der Waals surface area contributed by atoms with Gasteiger partial charge in [0.2, 0.25) is 0 Å². The van der Waals surface area contributed by atoms with Crippen molar-refractivity contribution in [2.75, 3.05) is 0 Å². The summed E-state index contributed by atoms with van der Waals surface area (Å²) < 4.78 is 11.2. The average Bonchev–Trinajstić information content (AvgIpc) is 2.60. The number of rotatable bonds is 3. The van der Waals surface area contributed by atoms with Crippen LogP contribution >= 0.6 is 0 Å². The largest absolute Gasteiger partial charge is 0.465 e. The fraction of sp³-hybridized carbons (Fsp3) is 0.692. The van der Waals surface area contributed by atoms with Gasteiger partial charge in [0.25, 0.3) is 0 Å². The van der Waals surface area contributed by atoms with Crippen molar-refractivity contribution in [2.45, 2.75) is 58.4 Å². The second-order valence-electron chi connectivity index (χ2n) is 4.82. The van der Waals surface area contributed by atoms with Crippen molar-refractivity contribution in [2.24, 2.45) is 0 Å². The van der Waals surface area contributed by atoms with Crippen LogP contribution in [0.1, 0.15) is 38.2 Å². The van der Waals surface area contributed by atoms with Crippen LogP contribution in [0.2, 0.25) is 0 Å². The summed E-state index contributed by atoms with van der Waals surface area (Å²) in [5.74, 6) is 2.00. The van der Waals surface area contributed by atoms with Gasteiger partial charge in [0.05, 0.1) is 18.8 Å². The van der Waals surface area contributed by atoms with E-state index in [9.17, 15) is 0 Å². The predicted octanol–water partition coefficient (Wildman–Crippen LogP) is 2.63. The van der Waals surface area contributed by atoms with Crippen molar-refractivity contribution < 1.29 is 9.15 Å². The molecule has 90 valence electrons. The highest BCUT2D eigenvalue weighted by Crippen LogP contribution is 2.19. The highest BCUT2D eigenvalue weighted by atomic mass is 16.5. The molecule has 16 heavy (non-hydrogen) atoms. The SMILES string of the molecule is Cc1ccc(CNC2CC(C)OC(C)C2)o1. The molecule has 1 fully saturated rings. The summed E-state index contributed by atoms with van der Waals surface area (Å²) in [7, 11) is 0. The third-order valence-electron chi connectivity index (χ3n) is 3.06. The Balaban J connectivity index is 1.81. The van der Waals surface area contributed by atoms with E-state index in [0.29, 0.717) is 18.2 Å². The Labute approximate surface area is 97.2 Å². The van der Waals surface area contributed by atoms with E-state index in [1.807, 2.05) is 19.1 Å². The van der Waals surface area contributed by atoms with Crippen molar-refractivity contribution in [3.8, 4) is 0 Å². The fourth-order valence-electron chi connectivity index (χ4n) is 2.40. The Morgan fingerprint density at radius 2 is 1.94 bits per heavy atom. The first-order chi connectivity index (χ1) is 7.63. The third-order valence-corrected chi connectivity index (χ3v) is 3.06. The van der Waals surface area contributed by atoms with Crippen molar-refractivity contribution >= 4 is 0 Å². The monoisotopic (exact) mass is 223 g/mol. The summed E-state index contributed by atoms with van der Waals surface area (Å²) in [6.45, 7) is 7.07. The zero-order chi connectivity index (χ0) is 11.5. The maximum absolute atomic E-state index is 5.71. The lowest BCUT2D eigenvalue weighted by atomic mass is 10.00. The van der Waals surface area contributed by atoms with Gasteiger partial charge in [-0.1, -0.05) is 0 Å². The van der Waals surface area contributed by atoms with E-state index in [1.54, 1.807) is 0 Å². The molecule has 2 heterocycles. The van der Waals surface area contributed by atoms with Crippen molar-refractivity contribution in [1.29, 1.82) is 0 Å². The second-order valence-corrected chi connectivity index (χ2v) is 4.82. The van der Waals surface area contributed by atoms with Gasteiger partial charge in [-0.15, -0.1) is 0 Å². The molecule has 1 N–H and O–H groups in total. The maximum Gasteiger partial charge on any atom is 0.117 e. The first kappa shape index (κ1) is 11.7. The molecule has 0 aliphatic carbocycles. The minimum absolute atomic E-state index is 0.361. The number of aryl methyl sites for hydroxylation is 1. The molecule has 3 heteroatoms. The Morgan fingerprint density at radius 1 is 1.25 bits per heavy atom. The van der Waals surface area contributed by atoms with Crippen molar-refractivity contribution in [3.05, 3.63) is 23.7 Å². The molecule has 1 aliphatic rings. The highest BCUT2D eigenvalue weighted by molar-refractivity contribution is 5.05. The van der Waals surface area contributed by atoms with Crippen LogP contribution in [0.25, 0.3) is 0 Å². The van der Waals surface area contributed by atoms with E-state index in [0.717, 1.165) is 30.9 Å². The summed E-state index contributed by atoms with van der Waals surface area (Å²) in [4.78, 5) is 0. The molecule has 1 saturated heterocycles. The molecular formula is C13H21NO2. The zero-order valence-corrected chi connectivity index (χ0v) is 10.3. The fourth-order valence-corrected chi connectivity index (χ4v) is 2.40. The van der Waals surface area contributed by atoms with Crippen LogP contribution < -0.4 is 5.32 Å². The molecule has 3 nitrogen and oxygen atoms in total. The van der Waals surface area contributed by atoms with Gasteiger partial charge in [-0.2, -0.15) is 0 Å². The standard InChI is InChI=1S/C13H21NO2/c1-9-4-5-13(16-9)8-14-12-6-10(2)15-11(3)7-12/h4-5,10-12,14H,6-8H2,1-3H3. The van der Waals surface area contributed by atoms with Crippen LogP contribution in [0.3, 0.4) is 0 Å². The molecular weight excluding hydrogens is 202 g/mol. The number of hydrogen-bond acceptors (Lipinski definition) is 3. The molecule has 0 radical (unpaired) electrons. The molecule has 1 aromatic rings. The average molecular weight is 223 g/mol. The van der Waals surface area contributed by atoms with Crippen LogP contribution in [0.15, 0.2) is 16.5 Å². The van der Waals surface area contributed by atoms with Gasteiger partial charge in [-0.25, -0.2) is 0 Å². The van der Waals surface area contributed by atoms with Gasteiger partial charge in [0, 0.05) is 6.04 Å². The lowest BCUT2D eigenvalue weighted by Gasteiger charge is -2.32. The molecule has 2 rings (SSSR count). The highest BCUT2D eigenvalue weighted by Gasteiger charge is 2.23. The normalized spacial score (nSPS) is 30.6. The number of ether oxygens (including phenoxy) is 1. The second kappa shape index (κ2) is 5.02. The van der Waals surface area contributed by atoms with Crippen molar-refractivity contribution in [3.63, 3.8) is 0 Å². The summed E-state index contributed by atoms with van der Waals surface area (Å²) in [5.41, 5.74) is 0. The molecule has 0 spiro atoms. The minimum atomic E-state index is 0.361. The minimum Gasteiger partial charge on any atom is -0.465 e. The lowest BCUT2D eigenvalue weighted by Crippen LogP contribution is -2.40. The summed E-state index contributed by atoms with van der Waals surface area (Å²) in [6, 6.07) is 4.59. The molecule has 0 aromatic carbocycles. The summed E-state index contributed by atoms with van der Waals surface area (Å²) in [5, 5.41) is 3.54. The van der Waals surface area contributed by atoms with E-state index in [1.165, 1.54) is 0 Å². The molecule has 0 saturated carbocycles. The van der Waals surface area contributed by atoms with Crippen molar-refractivity contribution in [1.82, 2.24) is 5.32 Å². The van der Waals surface area contributed by atoms with Crippen LogP contribution in [0, 0.1) is 6.92 Å². The number of nitrogens with one attached hydrogen (secondary N) is 1. The Bertz CT molecular complexity index is 324. The molecule has 1 aliphatic heterocycles. The van der Waals surface area contributed by atoms with Gasteiger partial charge in [0.15, 0.2) is 0 Å². The van der Waals surface area contributed by atoms with Crippen LogP contribution in [-0.2, 0) is 11.3 Å². The van der Waals surface area contributed by atoms with Gasteiger partial charge < -0.3 is 14.5 Å². The van der Waals surface area contributed by atoms with Gasteiger partial charge >= 0.3 is 0 Å². The number of furan rings is 1. The van der Waals surface area contributed by atoms with Gasteiger partial charge in [-0.05, 0) is 45.7 Å². The molecule has 2 unspecified atom stereocenters. The summed E-state index contributed by atoms with van der Waals surface area (Å²) >= 11 is 0. The van der Waals surface area contributed by atoms with E-state index < -0.39 is 0 Å². The smallest absolute Gasteiger partial charge is 0.117 e. The maximum atomic E-state index is 5.71. The summed E-state index contributed by atoms with van der Waals surface area (Å²) in [6.07, 6.45) is 2.90. The van der Waals surface area contributed by atoms with E-state index in [2.05, 4.69) is 19.2 Å². The van der Waals surface area contributed by atoms with Gasteiger partial charge in [0.1, 0.15) is 11.5 Å².